The van der Waals surface area contributed by atoms with Crippen LogP contribution in [0.5, 0.6) is 0 Å². The molecule has 0 fully saturated rings. The summed E-state index contributed by atoms with van der Waals surface area (Å²) in [5, 5.41) is 6.57. The van der Waals surface area contributed by atoms with E-state index >= 15 is 0 Å². The van der Waals surface area contributed by atoms with Crippen LogP contribution in [0.3, 0.4) is 0 Å². The standard InChI is InChI=1S/C10H17N3O2/c1-3-4-7(2)11-10(15)8-5-6-9(14)13-12-8/h7H,3-6H2,1-2H3,(H,11,15)(H,13,14). The van der Waals surface area contributed by atoms with Crippen LogP contribution in [0.25, 0.3) is 0 Å². The molecule has 0 aromatic rings. The van der Waals surface area contributed by atoms with Crippen molar-refractivity contribution in [3.05, 3.63) is 0 Å². The topological polar surface area (TPSA) is 70.6 Å². The van der Waals surface area contributed by atoms with Crippen molar-refractivity contribution in [1.29, 1.82) is 0 Å². The number of hydrogen-bond donors (Lipinski definition) is 2. The van der Waals surface area contributed by atoms with Gasteiger partial charge in [-0.05, 0) is 13.3 Å². The number of hydrazone groups is 1. The van der Waals surface area contributed by atoms with Gasteiger partial charge in [0.15, 0.2) is 0 Å². The Morgan fingerprint density at radius 3 is 2.87 bits per heavy atom. The molecule has 0 aliphatic carbocycles. The van der Waals surface area contributed by atoms with E-state index in [1.54, 1.807) is 0 Å². The predicted octanol–water partition coefficient (Wildman–Crippen LogP) is 0.557. The summed E-state index contributed by atoms with van der Waals surface area (Å²) >= 11 is 0. The molecule has 1 aliphatic rings. The monoisotopic (exact) mass is 211 g/mol. The molecule has 5 nitrogen and oxygen atoms in total. The summed E-state index contributed by atoms with van der Waals surface area (Å²) in [5.74, 6) is -0.302. The summed E-state index contributed by atoms with van der Waals surface area (Å²) in [6.07, 6.45) is 2.75. The van der Waals surface area contributed by atoms with Crippen LogP contribution in [0.4, 0.5) is 0 Å². The molecule has 2 amide bonds. The van der Waals surface area contributed by atoms with Crippen LogP contribution in [0.1, 0.15) is 39.5 Å². The van der Waals surface area contributed by atoms with E-state index in [1.807, 2.05) is 6.92 Å². The molecule has 0 spiro atoms. The maximum Gasteiger partial charge on any atom is 0.267 e. The quantitative estimate of drug-likeness (QED) is 0.713. The molecule has 84 valence electrons. The Hall–Kier alpha value is -1.39. The molecular weight excluding hydrogens is 194 g/mol. The van der Waals surface area contributed by atoms with E-state index < -0.39 is 0 Å². The number of nitrogens with one attached hydrogen (secondary N) is 2. The van der Waals surface area contributed by atoms with E-state index in [4.69, 9.17) is 0 Å². The van der Waals surface area contributed by atoms with Gasteiger partial charge in [-0.15, -0.1) is 0 Å². The highest BCUT2D eigenvalue weighted by Crippen LogP contribution is 2.01. The number of nitrogens with zero attached hydrogens (tertiary/aromatic N) is 1. The van der Waals surface area contributed by atoms with Crippen molar-refractivity contribution in [3.8, 4) is 0 Å². The Balaban J connectivity index is 2.43. The van der Waals surface area contributed by atoms with Gasteiger partial charge in [-0.2, -0.15) is 5.10 Å². The van der Waals surface area contributed by atoms with Gasteiger partial charge in [0.2, 0.25) is 5.91 Å². The highest BCUT2D eigenvalue weighted by atomic mass is 16.2. The number of carbonyl (C=O) groups excluding carboxylic acids is 2. The summed E-state index contributed by atoms with van der Waals surface area (Å²) in [4.78, 5) is 22.4. The molecule has 0 saturated carbocycles. The lowest BCUT2D eigenvalue weighted by Crippen LogP contribution is -2.40. The molecule has 0 bridgehead atoms. The van der Waals surface area contributed by atoms with Crippen LogP contribution in [0, 0.1) is 0 Å². The Morgan fingerprint density at radius 2 is 2.33 bits per heavy atom. The summed E-state index contributed by atoms with van der Waals surface area (Å²) in [6, 6.07) is 0.155. The highest BCUT2D eigenvalue weighted by molar-refractivity contribution is 6.39. The van der Waals surface area contributed by atoms with Gasteiger partial charge < -0.3 is 5.32 Å². The van der Waals surface area contributed by atoms with Gasteiger partial charge >= 0.3 is 0 Å². The van der Waals surface area contributed by atoms with Crippen molar-refractivity contribution in [1.82, 2.24) is 10.7 Å². The minimum Gasteiger partial charge on any atom is -0.348 e. The normalized spacial score (nSPS) is 17.7. The van der Waals surface area contributed by atoms with E-state index in [1.165, 1.54) is 0 Å². The fourth-order valence-electron chi connectivity index (χ4n) is 1.45. The lowest BCUT2D eigenvalue weighted by Gasteiger charge is -2.15. The molecule has 1 rings (SSSR count). The van der Waals surface area contributed by atoms with Crippen molar-refractivity contribution in [3.63, 3.8) is 0 Å². The SMILES string of the molecule is CCCC(C)NC(=O)C1=NNC(=O)CC1. The number of rotatable bonds is 4. The Kier molecular flexibility index (Phi) is 4.27. The van der Waals surface area contributed by atoms with Crippen LogP contribution in [0.15, 0.2) is 5.10 Å². The molecule has 1 unspecified atom stereocenters. The molecule has 15 heavy (non-hydrogen) atoms. The third-order valence-electron chi connectivity index (χ3n) is 2.27. The molecule has 1 atom stereocenters. The van der Waals surface area contributed by atoms with E-state index in [-0.39, 0.29) is 17.9 Å². The maximum absolute atomic E-state index is 11.6. The molecule has 1 heterocycles. The largest absolute Gasteiger partial charge is 0.348 e. The van der Waals surface area contributed by atoms with E-state index in [2.05, 4.69) is 22.8 Å². The minimum atomic E-state index is -0.170. The van der Waals surface area contributed by atoms with Crippen molar-refractivity contribution in [2.24, 2.45) is 5.10 Å². The summed E-state index contributed by atoms with van der Waals surface area (Å²) in [7, 11) is 0. The second kappa shape index (κ2) is 5.48. The van der Waals surface area contributed by atoms with Crippen molar-refractivity contribution in [2.75, 3.05) is 0 Å². The third kappa shape index (κ3) is 3.69. The zero-order chi connectivity index (χ0) is 11.3. The van der Waals surface area contributed by atoms with E-state index in [9.17, 15) is 9.59 Å². The average Bonchev–Trinajstić information content (AvgIpc) is 2.18. The first-order valence-corrected chi connectivity index (χ1v) is 5.29. The number of carbonyl (C=O) groups is 2. The number of amides is 2. The summed E-state index contributed by atoms with van der Waals surface area (Å²) in [5.41, 5.74) is 2.72. The second-order valence-electron chi connectivity index (χ2n) is 3.76. The van der Waals surface area contributed by atoms with Gasteiger partial charge in [0.25, 0.3) is 5.91 Å². The van der Waals surface area contributed by atoms with Gasteiger partial charge in [0, 0.05) is 18.9 Å². The van der Waals surface area contributed by atoms with Crippen molar-refractivity contribution in [2.45, 2.75) is 45.6 Å². The smallest absolute Gasteiger partial charge is 0.267 e. The predicted molar refractivity (Wildman–Crippen MR) is 57.3 cm³/mol. The lowest BCUT2D eigenvalue weighted by molar-refractivity contribution is -0.121. The lowest BCUT2D eigenvalue weighted by atomic mass is 10.1. The Bertz CT molecular complexity index is 286. The minimum absolute atomic E-state index is 0.131. The summed E-state index contributed by atoms with van der Waals surface area (Å²) in [6.45, 7) is 4.03. The van der Waals surface area contributed by atoms with Crippen LogP contribution in [0.2, 0.25) is 0 Å². The molecule has 2 N–H and O–H groups in total. The van der Waals surface area contributed by atoms with Crippen LogP contribution < -0.4 is 10.7 Å². The van der Waals surface area contributed by atoms with Crippen molar-refractivity contribution < 1.29 is 9.59 Å². The molecule has 0 aromatic heterocycles. The second-order valence-corrected chi connectivity index (χ2v) is 3.76. The first-order chi connectivity index (χ1) is 7.13. The van der Waals surface area contributed by atoms with Gasteiger partial charge in [-0.3, -0.25) is 9.59 Å². The first kappa shape index (κ1) is 11.7. The third-order valence-corrected chi connectivity index (χ3v) is 2.27. The average molecular weight is 211 g/mol. The molecule has 0 aromatic carbocycles. The molecule has 1 aliphatic heterocycles. The molecular formula is C10H17N3O2. The van der Waals surface area contributed by atoms with Gasteiger partial charge in [-0.25, -0.2) is 5.43 Å². The first-order valence-electron chi connectivity index (χ1n) is 5.29. The van der Waals surface area contributed by atoms with Gasteiger partial charge in [-0.1, -0.05) is 13.3 Å². The van der Waals surface area contributed by atoms with E-state index in [0.717, 1.165) is 12.8 Å². The molecule has 5 heteroatoms. The van der Waals surface area contributed by atoms with Gasteiger partial charge in [0.05, 0.1) is 0 Å². The molecule has 0 radical (unpaired) electrons. The highest BCUT2D eigenvalue weighted by Gasteiger charge is 2.18. The molecule has 0 saturated heterocycles. The fraction of sp³-hybridized carbons (Fsp3) is 0.700. The summed E-state index contributed by atoms with van der Waals surface area (Å²) < 4.78 is 0. The zero-order valence-corrected chi connectivity index (χ0v) is 9.17. The Morgan fingerprint density at radius 1 is 1.60 bits per heavy atom. The van der Waals surface area contributed by atoms with Crippen molar-refractivity contribution >= 4 is 17.5 Å². The zero-order valence-electron chi connectivity index (χ0n) is 9.17. The fourth-order valence-corrected chi connectivity index (χ4v) is 1.45. The van der Waals surface area contributed by atoms with Crippen LogP contribution >= 0.6 is 0 Å². The van der Waals surface area contributed by atoms with Crippen LogP contribution in [-0.4, -0.2) is 23.6 Å². The number of hydrogen-bond acceptors (Lipinski definition) is 3. The maximum atomic E-state index is 11.6. The Labute approximate surface area is 89.3 Å². The van der Waals surface area contributed by atoms with Gasteiger partial charge in [0.1, 0.15) is 5.71 Å². The van der Waals surface area contributed by atoms with E-state index in [0.29, 0.717) is 18.6 Å². The van der Waals surface area contributed by atoms with Crippen LogP contribution in [-0.2, 0) is 9.59 Å².